The molecule has 1 aliphatic heterocycles. The van der Waals surface area contributed by atoms with Crippen molar-refractivity contribution in [3.05, 3.63) is 46.7 Å². The molecule has 26 heavy (non-hydrogen) atoms. The average molecular weight is 374 g/mol. The van der Waals surface area contributed by atoms with Gasteiger partial charge in [-0.3, -0.25) is 9.59 Å². The second-order valence-corrected chi connectivity index (χ2v) is 6.51. The first-order valence-corrected chi connectivity index (χ1v) is 8.73. The molecular formula is C18H20ClN5O2. The van der Waals surface area contributed by atoms with Gasteiger partial charge in [0.1, 0.15) is 5.69 Å². The number of piperazine rings is 1. The number of benzene rings is 1. The molecule has 2 amide bonds. The Kier molecular flexibility index (Phi) is 5.37. The van der Waals surface area contributed by atoms with E-state index in [-0.39, 0.29) is 11.8 Å². The number of aromatic nitrogens is 2. The van der Waals surface area contributed by atoms with Gasteiger partial charge in [-0.05, 0) is 30.7 Å². The summed E-state index contributed by atoms with van der Waals surface area (Å²) in [4.78, 5) is 36.0. The molecule has 0 aliphatic carbocycles. The summed E-state index contributed by atoms with van der Waals surface area (Å²) in [5.74, 6) is 0.201. The maximum atomic E-state index is 12.7. The lowest BCUT2D eigenvalue weighted by Crippen LogP contribution is -2.50. The van der Waals surface area contributed by atoms with Crippen molar-refractivity contribution in [2.24, 2.45) is 0 Å². The van der Waals surface area contributed by atoms with Gasteiger partial charge in [0.2, 0.25) is 11.9 Å². The normalized spacial score (nSPS) is 14.3. The molecule has 8 heteroatoms. The van der Waals surface area contributed by atoms with E-state index >= 15 is 0 Å². The lowest BCUT2D eigenvalue weighted by molar-refractivity contribution is -0.130. The highest BCUT2D eigenvalue weighted by molar-refractivity contribution is 6.31. The molecule has 1 fully saturated rings. The van der Waals surface area contributed by atoms with Gasteiger partial charge in [0.05, 0.1) is 0 Å². The van der Waals surface area contributed by atoms with Crippen molar-refractivity contribution in [3.63, 3.8) is 0 Å². The van der Waals surface area contributed by atoms with Crippen LogP contribution in [-0.2, 0) is 4.79 Å². The van der Waals surface area contributed by atoms with Gasteiger partial charge >= 0.3 is 0 Å². The zero-order valence-electron chi connectivity index (χ0n) is 14.7. The average Bonchev–Trinajstić information content (AvgIpc) is 2.65. The first kappa shape index (κ1) is 18.1. The summed E-state index contributed by atoms with van der Waals surface area (Å²) < 4.78 is 0. The molecular weight excluding hydrogens is 354 g/mol. The number of nitrogens with zero attached hydrogens (tertiary/aromatic N) is 4. The van der Waals surface area contributed by atoms with Gasteiger partial charge in [0.25, 0.3) is 5.91 Å². The third-order valence-electron chi connectivity index (χ3n) is 4.40. The molecule has 1 aromatic carbocycles. The maximum absolute atomic E-state index is 12.7. The molecule has 1 saturated heterocycles. The van der Waals surface area contributed by atoms with Crippen LogP contribution in [0.2, 0.25) is 5.02 Å². The molecule has 0 radical (unpaired) electrons. The predicted octanol–water partition coefficient (Wildman–Crippen LogP) is 2.49. The van der Waals surface area contributed by atoms with Crippen LogP contribution in [0.5, 0.6) is 0 Å². The van der Waals surface area contributed by atoms with Crippen LogP contribution in [0.1, 0.15) is 23.0 Å². The van der Waals surface area contributed by atoms with E-state index in [2.05, 4.69) is 15.3 Å². The van der Waals surface area contributed by atoms with Crippen molar-refractivity contribution in [3.8, 4) is 0 Å². The van der Waals surface area contributed by atoms with Crippen molar-refractivity contribution in [1.82, 2.24) is 19.8 Å². The van der Waals surface area contributed by atoms with E-state index in [4.69, 9.17) is 11.6 Å². The van der Waals surface area contributed by atoms with E-state index in [0.717, 1.165) is 11.3 Å². The van der Waals surface area contributed by atoms with E-state index in [1.165, 1.54) is 6.92 Å². The van der Waals surface area contributed by atoms with Gasteiger partial charge in [-0.1, -0.05) is 17.7 Å². The number of hydrogen-bond acceptors (Lipinski definition) is 5. The Bertz CT molecular complexity index is 834. The molecule has 0 saturated carbocycles. The summed E-state index contributed by atoms with van der Waals surface area (Å²) in [6.45, 7) is 5.51. The van der Waals surface area contributed by atoms with Gasteiger partial charge < -0.3 is 15.1 Å². The SMILES string of the molecule is CC(=O)N1CCN(C(=O)c2ccnc(Nc3cccc(Cl)c3C)n2)CC1. The molecule has 2 heterocycles. The molecule has 1 aromatic heterocycles. The highest BCUT2D eigenvalue weighted by atomic mass is 35.5. The Balaban J connectivity index is 1.72. The Morgan fingerprint density at radius 2 is 1.81 bits per heavy atom. The second kappa shape index (κ2) is 7.70. The van der Waals surface area contributed by atoms with Crippen molar-refractivity contribution >= 4 is 35.1 Å². The molecule has 0 atom stereocenters. The number of halogens is 1. The lowest BCUT2D eigenvalue weighted by atomic mass is 10.2. The number of nitrogens with one attached hydrogen (secondary N) is 1. The van der Waals surface area contributed by atoms with E-state index < -0.39 is 0 Å². The molecule has 3 rings (SSSR count). The van der Waals surface area contributed by atoms with Gasteiger partial charge in [-0.2, -0.15) is 0 Å². The summed E-state index contributed by atoms with van der Waals surface area (Å²) in [7, 11) is 0. The van der Waals surface area contributed by atoms with Crippen molar-refractivity contribution in [2.75, 3.05) is 31.5 Å². The van der Waals surface area contributed by atoms with Crippen LogP contribution in [-0.4, -0.2) is 57.8 Å². The highest BCUT2D eigenvalue weighted by Gasteiger charge is 2.24. The lowest BCUT2D eigenvalue weighted by Gasteiger charge is -2.34. The van der Waals surface area contributed by atoms with Crippen LogP contribution in [0.4, 0.5) is 11.6 Å². The second-order valence-electron chi connectivity index (χ2n) is 6.10. The first-order valence-electron chi connectivity index (χ1n) is 8.35. The molecule has 0 spiro atoms. The third-order valence-corrected chi connectivity index (χ3v) is 4.81. The van der Waals surface area contributed by atoms with Crippen LogP contribution < -0.4 is 5.32 Å². The Morgan fingerprint density at radius 1 is 1.12 bits per heavy atom. The van der Waals surface area contributed by atoms with Crippen LogP contribution in [0.15, 0.2) is 30.5 Å². The predicted molar refractivity (Wildman–Crippen MR) is 99.7 cm³/mol. The molecule has 7 nitrogen and oxygen atoms in total. The molecule has 1 N–H and O–H groups in total. The maximum Gasteiger partial charge on any atom is 0.272 e. The number of carbonyl (C=O) groups excluding carboxylic acids is 2. The van der Waals surface area contributed by atoms with Gasteiger partial charge in [-0.15, -0.1) is 0 Å². The van der Waals surface area contributed by atoms with E-state index in [9.17, 15) is 9.59 Å². The zero-order chi connectivity index (χ0) is 18.7. The number of rotatable bonds is 3. The standard InChI is InChI=1S/C18H20ClN5O2/c1-12-14(19)4-3-5-15(12)21-18-20-7-6-16(22-18)17(26)24-10-8-23(9-11-24)13(2)25/h3-7H,8-11H2,1-2H3,(H,20,21,22). The summed E-state index contributed by atoms with van der Waals surface area (Å²) in [6, 6.07) is 7.11. The van der Waals surface area contributed by atoms with E-state index in [1.54, 1.807) is 22.1 Å². The van der Waals surface area contributed by atoms with Crippen LogP contribution in [0.25, 0.3) is 0 Å². The van der Waals surface area contributed by atoms with Crippen LogP contribution in [0.3, 0.4) is 0 Å². The monoisotopic (exact) mass is 373 g/mol. The quantitative estimate of drug-likeness (QED) is 0.894. The number of carbonyl (C=O) groups is 2. The van der Waals surface area contributed by atoms with Crippen molar-refractivity contribution < 1.29 is 9.59 Å². The van der Waals surface area contributed by atoms with E-state index in [0.29, 0.717) is 42.8 Å². The van der Waals surface area contributed by atoms with Gasteiger partial charge in [-0.25, -0.2) is 9.97 Å². The minimum atomic E-state index is -0.165. The number of amides is 2. The van der Waals surface area contributed by atoms with Crippen molar-refractivity contribution in [2.45, 2.75) is 13.8 Å². The molecule has 0 unspecified atom stereocenters. The van der Waals surface area contributed by atoms with Crippen LogP contribution >= 0.6 is 11.6 Å². The Hall–Kier alpha value is -2.67. The molecule has 2 aromatic rings. The fourth-order valence-electron chi connectivity index (χ4n) is 2.79. The van der Waals surface area contributed by atoms with Crippen LogP contribution in [0, 0.1) is 6.92 Å². The number of anilines is 2. The summed E-state index contributed by atoms with van der Waals surface area (Å²) in [6.07, 6.45) is 1.55. The molecule has 0 bridgehead atoms. The van der Waals surface area contributed by atoms with Gasteiger partial charge in [0.15, 0.2) is 0 Å². The largest absolute Gasteiger partial charge is 0.339 e. The summed E-state index contributed by atoms with van der Waals surface area (Å²) >= 11 is 6.13. The fourth-order valence-corrected chi connectivity index (χ4v) is 2.96. The fraction of sp³-hybridized carbons (Fsp3) is 0.333. The number of hydrogen-bond donors (Lipinski definition) is 1. The first-order chi connectivity index (χ1) is 12.5. The molecule has 136 valence electrons. The minimum Gasteiger partial charge on any atom is -0.339 e. The smallest absolute Gasteiger partial charge is 0.272 e. The summed E-state index contributed by atoms with van der Waals surface area (Å²) in [5.41, 5.74) is 1.99. The minimum absolute atomic E-state index is 0.0301. The zero-order valence-corrected chi connectivity index (χ0v) is 15.5. The Morgan fingerprint density at radius 3 is 2.50 bits per heavy atom. The molecule has 1 aliphatic rings. The van der Waals surface area contributed by atoms with Gasteiger partial charge in [0, 0.05) is 50.0 Å². The highest BCUT2D eigenvalue weighted by Crippen LogP contribution is 2.24. The van der Waals surface area contributed by atoms with Crippen molar-refractivity contribution in [1.29, 1.82) is 0 Å². The Labute approximate surface area is 157 Å². The van der Waals surface area contributed by atoms with E-state index in [1.807, 2.05) is 25.1 Å². The topological polar surface area (TPSA) is 78.4 Å². The third kappa shape index (κ3) is 3.94. The summed E-state index contributed by atoms with van der Waals surface area (Å²) in [5, 5.41) is 3.75.